The lowest BCUT2D eigenvalue weighted by atomic mass is 10.0. The number of nitrogens with two attached hydrogens (primary N) is 1. The van der Waals surface area contributed by atoms with Gasteiger partial charge in [-0.2, -0.15) is 18.3 Å². The van der Waals surface area contributed by atoms with Crippen LogP contribution in [-0.2, 0) is 17.4 Å². The number of anilines is 1. The van der Waals surface area contributed by atoms with Crippen LogP contribution in [0.2, 0.25) is 0 Å². The average molecular weight is 404 g/mol. The average Bonchev–Trinajstić information content (AvgIpc) is 3.22. The van der Waals surface area contributed by atoms with Crippen LogP contribution >= 0.6 is 0 Å². The van der Waals surface area contributed by atoms with E-state index >= 15 is 0 Å². The van der Waals surface area contributed by atoms with Crippen LogP contribution in [0.5, 0.6) is 5.75 Å². The molecule has 0 aliphatic carbocycles. The monoisotopic (exact) mass is 404 g/mol. The first-order valence-electron chi connectivity index (χ1n) is 8.67. The maximum atomic E-state index is 12.8. The van der Waals surface area contributed by atoms with Crippen LogP contribution in [0.25, 0.3) is 11.1 Å². The van der Waals surface area contributed by atoms with Gasteiger partial charge in [-0.05, 0) is 30.2 Å². The highest BCUT2D eigenvalue weighted by atomic mass is 19.4. The molecule has 6 nitrogen and oxygen atoms in total. The Bertz CT molecular complexity index is 988. The number of ether oxygens (including phenoxy) is 1. The summed E-state index contributed by atoms with van der Waals surface area (Å²) in [5, 5.41) is 9.27. The van der Waals surface area contributed by atoms with E-state index in [0.29, 0.717) is 17.0 Å². The first-order valence-corrected chi connectivity index (χ1v) is 8.67. The number of halogens is 3. The van der Waals surface area contributed by atoms with Crippen LogP contribution in [0.4, 0.5) is 18.9 Å². The molecule has 0 aliphatic heterocycles. The summed E-state index contributed by atoms with van der Waals surface area (Å²) >= 11 is 0. The molecule has 2 aromatic carbocycles. The third-order valence-electron chi connectivity index (χ3n) is 4.32. The van der Waals surface area contributed by atoms with E-state index in [9.17, 15) is 18.0 Å². The fourth-order valence-corrected chi connectivity index (χ4v) is 2.86. The second-order valence-corrected chi connectivity index (χ2v) is 6.40. The topological polar surface area (TPSA) is 93.0 Å². The maximum Gasteiger partial charge on any atom is 0.416 e. The minimum absolute atomic E-state index is 0.0278. The predicted octanol–water partition coefficient (Wildman–Crippen LogP) is 3.61. The van der Waals surface area contributed by atoms with E-state index in [4.69, 9.17) is 10.5 Å². The van der Waals surface area contributed by atoms with Gasteiger partial charge in [0.15, 0.2) is 0 Å². The van der Waals surface area contributed by atoms with Crippen LogP contribution in [0.3, 0.4) is 0 Å². The lowest BCUT2D eigenvalue weighted by Crippen LogP contribution is -2.37. The molecule has 3 aromatic rings. The van der Waals surface area contributed by atoms with E-state index in [1.165, 1.54) is 19.2 Å². The highest BCUT2D eigenvalue weighted by Gasteiger charge is 2.30. The number of nitrogens with one attached hydrogen (secondary N) is 2. The zero-order chi connectivity index (χ0) is 21.0. The summed E-state index contributed by atoms with van der Waals surface area (Å²) in [6.07, 6.45) is -1.13. The van der Waals surface area contributed by atoms with Gasteiger partial charge in [0.05, 0.1) is 24.9 Å². The number of carbonyl (C=O) groups excluding carboxylic acids is 1. The van der Waals surface area contributed by atoms with Crippen molar-refractivity contribution < 1.29 is 22.7 Å². The smallest absolute Gasteiger partial charge is 0.416 e. The van der Waals surface area contributed by atoms with Gasteiger partial charge in [-0.25, -0.2) is 0 Å². The summed E-state index contributed by atoms with van der Waals surface area (Å²) in [6.45, 7) is 0. The Hall–Kier alpha value is -3.33. The van der Waals surface area contributed by atoms with Gasteiger partial charge >= 0.3 is 6.18 Å². The first kappa shape index (κ1) is 20.4. The summed E-state index contributed by atoms with van der Waals surface area (Å²) < 4.78 is 43.8. The number of nitrogens with zero attached hydrogens (tertiary/aromatic N) is 1. The molecule has 0 aliphatic rings. The Morgan fingerprint density at radius 2 is 2.07 bits per heavy atom. The molecule has 0 unspecified atom stereocenters. The van der Waals surface area contributed by atoms with E-state index in [2.05, 4.69) is 15.5 Å². The van der Waals surface area contributed by atoms with Crippen LogP contribution in [-0.4, -0.2) is 29.3 Å². The first-order chi connectivity index (χ1) is 13.8. The van der Waals surface area contributed by atoms with Gasteiger partial charge in [-0.3, -0.25) is 9.89 Å². The van der Waals surface area contributed by atoms with Crippen LogP contribution in [0, 0.1) is 0 Å². The zero-order valence-electron chi connectivity index (χ0n) is 15.5. The lowest BCUT2D eigenvalue weighted by molar-refractivity contribution is -0.137. The quantitative estimate of drug-likeness (QED) is 0.585. The number of carbonyl (C=O) groups is 1. The summed E-state index contributed by atoms with van der Waals surface area (Å²) in [5.74, 6) is 0.0103. The van der Waals surface area contributed by atoms with Crippen molar-refractivity contribution in [2.75, 3.05) is 12.4 Å². The van der Waals surface area contributed by atoms with Gasteiger partial charge < -0.3 is 15.8 Å². The highest BCUT2D eigenvalue weighted by Crippen LogP contribution is 2.32. The third-order valence-corrected chi connectivity index (χ3v) is 4.32. The van der Waals surface area contributed by atoms with E-state index < -0.39 is 23.7 Å². The second kappa shape index (κ2) is 8.36. The molecule has 152 valence electrons. The molecular weight excluding hydrogens is 385 g/mol. The number of hydrogen-bond donors (Lipinski definition) is 3. The normalized spacial score (nSPS) is 12.4. The number of aromatic amines is 1. The van der Waals surface area contributed by atoms with Crippen molar-refractivity contribution in [1.82, 2.24) is 10.2 Å². The Morgan fingerprint density at radius 3 is 2.72 bits per heavy atom. The largest absolute Gasteiger partial charge is 0.496 e. The van der Waals surface area contributed by atoms with Gasteiger partial charge in [0.2, 0.25) is 5.91 Å². The summed E-state index contributed by atoms with van der Waals surface area (Å²) in [4.78, 5) is 12.4. The number of H-pyrrole nitrogens is 1. The number of rotatable bonds is 6. The van der Waals surface area contributed by atoms with Crippen molar-refractivity contribution in [2.24, 2.45) is 5.73 Å². The van der Waals surface area contributed by atoms with Crippen molar-refractivity contribution >= 4 is 11.6 Å². The fraction of sp³-hybridized carbons (Fsp3) is 0.200. The number of benzene rings is 2. The van der Waals surface area contributed by atoms with Crippen molar-refractivity contribution in [2.45, 2.75) is 18.6 Å². The van der Waals surface area contributed by atoms with Gasteiger partial charge in [-0.15, -0.1) is 0 Å². The van der Waals surface area contributed by atoms with Crippen molar-refractivity contribution in [3.8, 4) is 16.9 Å². The highest BCUT2D eigenvalue weighted by molar-refractivity contribution is 5.95. The van der Waals surface area contributed by atoms with Crippen LogP contribution in [0.1, 0.15) is 11.1 Å². The van der Waals surface area contributed by atoms with Gasteiger partial charge in [0.25, 0.3) is 0 Å². The SMILES string of the molecule is COc1cc(NC(=O)[C@H](N)Cc2cccc(C(F)(F)F)c2)ccc1-c1cn[nH]c1. The third kappa shape index (κ3) is 4.94. The van der Waals surface area contributed by atoms with Crippen molar-refractivity contribution in [3.63, 3.8) is 0 Å². The van der Waals surface area contributed by atoms with Gasteiger partial charge in [0, 0.05) is 29.1 Å². The molecule has 9 heteroatoms. The van der Waals surface area contributed by atoms with Crippen molar-refractivity contribution in [1.29, 1.82) is 0 Å². The molecule has 0 bridgehead atoms. The Morgan fingerprint density at radius 1 is 1.28 bits per heavy atom. The molecule has 1 aromatic heterocycles. The number of methoxy groups -OCH3 is 1. The standard InChI is InChI=1S/C20H19F3N4O2/c1-29-18-9-15(5-6-16(18)13-10-25-26-11-13)27-19(28)17(24)8-12-3-2-4-14(7-12)20(21,22)23/h2-7,9-11,17H,8,24H2,1H3,(H,25,26)(H,27,28)/t17-/m1/s1. The van der Waals surface area contributed by atoms with Gasteiger partial charge in [-0.1, -0.05) is 18.2 Å². The number of hydrogen-bond acceptors (Lipinski definition) is 4. The number of aromatic nitrogens is 2. The van der Waals surface area contributed by atoms with Gasteiger partial charge in [0.1, 0.15) is 5.75 Å². The summed E-state index contributed by atoms with van der Waals surface area (Å²) in [7, 11) is 1.50. The molecule has 1 heterocycles. The molecule has 0 saturated heterocycles. The molecule has 4 N–H and O–H groups in total. The fourth-order valence-electron chi connectivity index (χ4n) is 2.86. The molecule has 0 fully saturated rings. The van der Waals surface area contributed by atoms with E-state index in [-0.39, 0.29) is 6.42 Å². The number of alkyl halides is 3. The zero-order valence-corrected chi connectivity index (χ0v) is 15.5. The Balaban J connectivity index is 1.70. The van der Waals surface area contributed by atoms with E-state index in [1.807, 2.05) is 0 Å². The van der Waals surface area contributed by atoms with E-state index in [1.54, 1.807) is 30.6 Å². The molecule has 1 amide bonds. The number of amides is 1. The van der Waals surface area contributed by atoms with Crippen LogP contribution in [0.15, 0.2) is 54.9 Å². The van der Waals surface area contributed by atoms with Crippen molar-refractivity contribution in [3.05, 3.63) is 66.0 Å². The molecule has 3 rings (SSSR count). The minimum atomic E-state index is -4.45. The molecule has 29 heavy (non-hydrogen) atoms. The molecule has 0 spiro atoms. The summed E-state index contributed by atoms with van der Waals surface area (Å²) in [6, 6.07) is 8.83. The van der Waals surface area contributed by atoms with E-state index in [0.717, 1.165) is 23.3 Å². The maximum absolute atomic E-state index is 12.8. The summed E-state index contributed by atoms with van der Waals surface area (Å²) in [5.41, 5.74) is 7.51. The molecule has 0 radical (unpaired) electrons. The molecular formula is C20H19F3N4O2. The minimum Gasteiger partial charge on any atom is -0.496 e. The Kier molecular flexibility index (Phi) is 5.88. The second-order valence-electron chi connectivity index (χ2n) is 6.40. The molecule has 0 saturated carbocycles. The molecule has 1 atom stereocenters. The lowest BCUT2D eigenvalue weighted by Gasteiger charge is -2.15. The Labute approximate surface area is 164 Å². The van der Waals surface area contributed by atoms with Crippen LogP contribution < -0.4 is 15.8 Å². The predicted molar refractivity (Wildman–Crippen MR) is 102 cm³/mol.